The predicted molar refractivity (Wildman–Crippen MR) is 88.3 cm³/mol. The van der Waals surface area contributed by atoms with E-state index in [0.29, 0.717) is 5.52 Å². The lowest BCUT2D eigenvalue weighted by atomic mass is 9.97. The fourth-order valence-corrected chi connectivity index (χ4v) is 2.95. The first-order valence-corrected chi connectivity index (χ1v) is 7.94. The molecule has 0 saturated heterocycles. The summed E-state index contributed by atoms with van der Waals surface area (Å²) in [4.78, 5) is 4.29. The molecule has 1 unspecified atom stereocenters. The quantitative estimate of drug-likeness (QED) is 0.717. The highest BCUT2D eigenvalue weighted by atomic mass is 32.2. The van der Waals surface area contributed by atoms with Gasteiger partial charge in [0.15, 0.2) is 0 Å². The molecule has 0 amide bonds. The van der Waals surface area contributed by atoms with Crippen molar-refractivity contribution < 1.29 is 5.11 Å². The Morgan fingerprint density at radius 1 is 1.05 bits per heavy atom. The third-order valence-corrected chi connectivity index (χ3v) is 3.93. The van der Waals surface area contributed by atoms with Crippen LogP contribution in [0.15, 0.2) is 60.8 Å². The molecule has 106 valence electrons. The van der Waals surface area contributed by atoms with Crippen LogP contribution in [0.1, 0.15) is 17.2 Å². The minimum atomic E-state index is -0.0763. The van der Waals surface area contributed by atoms with Crippen molar-refractivity contribution in [2.45, 2.75) is 6.04 Å². The van der Waals surface area contributed by atoms with Crippen molar-refractivity contribution in [3.63, 3.8) is 0 Å². The number of phenolic OH excluding ortho intramolecular Hbond substituents is 1. The zero-order valence-corrected chi connectivity index (χ0v) is 12.5. The minimum absolute atomic E-state index is 0.0763. The van der Waals surface area contributed by atoms with Crippen LogP contribution in [0, 0.1) is 0 Å². The van der Waals surface area contributed by atoms with Gasteiger partial charge in [0.05, 0.1) is 6.04 Å². The van der Waals surface area contributed by atoms with E-state index in [1.165, 1.54) is 11.9 Å². The molecule has 1 aromatic heterocycles. The number of hydrogen-bond donors (Lipinski definition) is 2. The Bertz CT molecular complexity index is 746. The van der Waals surface area contributed by atoms with Crippen LogP contribution in [0.4, 0.5) is 0 Å². The van der Waals surface area contributed by atoms with Gasteiger partial charge in [0.2, 0.25) is 0 Å². The maximum Gasteiger partial charge on any atom is 0.146 e. The summed E-state index contributed by atoms with van der Waals surface area (Å²) in [5.41, 5.74) is 2.58. The van der Waals surface area contributed by atoms with E-state index in [0.717, 1.165) is 16.5 Å². The first-order valence-electron chi connectivity index (χ1n) is 6.71. The molecule has 3 rings (SSSR count). The number of phenols is 1. The number of fused-ring (bicyclic) bond motifs is 1. The number of hydrogen-bond acceptors (Lipinski definition) is 4. The van der Waals surface area contributed by atoms with Crippen molar-refractivity contribution in [3.05, 3.63) is 71.9 Å². The van der Waals surface area contributed by atoms with Gasteiger partial charge in [-0.15, -0.1) is 0 Å². The van der Waals surface area contributed by atoms with Gasteiger partial charge in [0, 0.05) is 17.1 Å². The van der Waals surface area contributed by atoms with E-state index in [-0.39, 0.29) is 11.8 Å². The van der Waals surface area contributed by atoms with Crippen LogP contribution in [0.5, 0.6) is 5.75 Å². The first-order chi connectivity index (χ1) is 10.3. The Kier molecular flexibility index (Phi) is 4.08. The Morgan fingerprint density at radius 3 is 2.62 bits per heavy atom. The normalized spacial score (nSPS) is 12.4. The van der Waals surface area contributed by atoms with Crippen molar-refractivity contribution in [1.82, 2.24) is 9.71 Å². The monoisotopic (exact) mass is 296 g/mol. The van der Waals surface area contributed by atoms with Crippen LogP contribution in [-0.4, -0.2) is 16.3 Å². The van der Waals surface area contributed by atoms with Gasteiger partial charge in [-0.05, 0) is 17.9 Å². The molecule has 2 N–H and O–H groups in total. The van der Waals surface area contributed by atoms with Crippen molar-refractivity contribution in [3.8, 4) is 5.75 Å². The number of benzene rings is 2. The highest BCUT2D eigenvalue weighted by Gasteiger charge is 2.18. The topological polar surface area (TPSA) is 45.2 Å². The number of aromatic nitrogens is 1. The third kappa shape index (κ3) is 2.73. The van der Waals surface area contributed by atoms with Crippen molar-refractivity contribution in [2.24, 2.45) is 0 Å². The number of pyridine rings is 1. The third-order valence-electron chi connectivity index (χ3n) is 3.46. The van der Waals surface area contributed by atoms with Gasteiger partial charge in [-0.1, -0.05) is 60.5 Å². The summed E-state index contributed by atoms with van der Waals surface area (Å²) < 4.78 is 3.35. The smallest absolute Gasteiger partial charge is 0.146 e. The second-order valence-corrected chi connectivity index (χ2v) is 5.39. The molecule has 4 heteroatoms. The molecule has 2 aromatic carbocycles. The summed E-state index contributed by atoms with van der Waals surface area (Å²) >= 11 is 1.53. The lowest BCUT2D eigenvalue weighted by molar-refractivity contribution is 0.469. The molecule has 0 saturated carbocycles. The zero-order valence-electron chi connectivity index (χ0n) is 11.7. The average molecular weight is 296 g/mol. The number of aromatic hydroxyl groups is 1. The van der Waals surface area contributed by atoms with Gasteiger partial charge in [0.25, 0.3) is 0 Å². The van der Waals surface area contributed by atoms with Crippen LogP contribution < -0.4 is 4.72 Å². The second kappa shape index (κ2) is 6.16. The molecule has 0 aliphatic heterocycles. The Balaban J connectivity index is 2.14. The molecule has 0 aliphatic rings. The molecule has 0 bridgehead atoms. The van der Waals surface area contributed by atoms with Crippen LogP contribution >= 0.6 is 11.9 Å². The number of nitrogens with zero attached hydrogens (tertiary/aromatic N) is 1. The molecule has 21 heavy (non-hydrogen) atoms. The highest BCUT2D eigenvalue weighted by molar-refractivity contribution is 7.96. The van der Waals surface area contributed by atoms with E-state index in [1.54, 1.807) is 6.20 Å². The van der Waals surface area contributed by atoms with Crippen molar-refractivity contribution >= 4 is 22.9 Å². The molecule has 0 fully saturated rings. The molecule has 1 atom stereocenters. The molecule has 1 heterocycles. The van der Waals surface area contributed by atoms with Gasteiger partial charge in [-0.25, -0.2) is 0 Å². The number of nitrogens with one attached hydrogen (secondary N) is 1. The zero-order chi connectivity index (χ0) is 14.7. The van der Waals surface area contributed by atoms with Crippen molar-refractivity contribution in [2.75, 3.05) is 6.26 Å². The molecule has 0 radical (unpaired) electrons. The summed E-state index contributed by atoms with van der Waals surface area (Å²) in [6.07, 6.45) is 3.68. The molecular formula is C17H16N2OS. The van der Waals surface area contributed by atoms with E-state index in [9.17, 15) is 5.11 Å². The lowest BCUT2D eigenvalue weighted by Gasteiger charge is -2.20. The molecular weight excluding hydrogens is 280 g/mol. The van der Waals surface area contributed by atoms with E-state index in [4.69, 9.17) is 0 Å². The Labute approximate surface area is 128 Å². The lowest BCUT2D eigenvalue weighted by Crippen LogP contribution is -2.15. The molecule has 0 aliphatic carbocycles. The van der Waals surface area contributed by atoms with E-state index in [2.05, 4.69) is 21.8 Å². The van der Waals surface area contributed by atoms with Crippen LogP contribution in [0.3, 0.4) is 0 Å². The Hall–Kier alpha value is -2.04. The number of rotatable bonds is 4. The van der Waals surface area contributed by atoms with Crippen LogP contribution in [-0.2, 0) is 0 Å². The molecule has 3 nitrogen and oxygen atoms in total. The summed E-state index contributed by atoms with van der Waals surface area (Å²) in [7, 11) is 0. The van der Waals surface area contributed by atoms with E-state index < -0.39 is 0 Å². The maximum absolute atomic E-state index is 10.6. The van der Waals surface area contributed by atoms with E-state index >= 15 is 0 Å². The van der Waals surface area contributed by atoms with Crippen molar-refractivity contribution in [1.29, 1.82) is 0 Å². The fourth-order valence-electron chi connectivity index (χ4n) is 2.45. The minimum Gasteiger partial charge on any atom is -0.505 e. The van der Waals surface area contributed by atoms with Crippen LogP contribution in [0.25, 0.3) is 10.9 Å². The standard InChI is InChI=1S/C17H16N2OS/c1-21-19-15(12-6-3-2-4-7-12)14-10-9-13-8-5-11-18-16(13)17(14)20/h2-11,15,19-20H,1H3. The maximum atomic E-state index is 10.6. The van der Waals surface area contributed by atoms with Gasteiger partial charge in [0.1, 0.15) is 11.3 Å². The summed E-state index contributed by atoms with van der Waals surface area (Å²) in [5, 5.41) is 11.5. The van der Waals surface area contributed by atoms with Crippen LogP contribution in [0.2, 0.25) is 0 Å². The second-order valence-electron chi connectivity index (χ2n) is 4.74. The van der Waals surface area contributed by atoms with Gasteiger partial charge in [-0.3, -0.25) is 9.71 Å². The SMILES string of the molecule is CSNC(c1ccccc1)c1ccc2cccnc2c1O. The van der Waals surface area contributed by atoms with Gasteiger partial charge < -0.3 is 5.11 Å². The fraction of sp³-hybridized carbons (Fsp3) is 0.118. The summed E-state index contributed by atoms with van der Waals surface area (Å²) in [5.74, 6) is 0.239. The van der Waals surface area contributed by atoms with Gasteiger partial charge in [-0.2, -0.15) is 0 Å². The largest absolute Gasteiger partial charge is 0.505 e. The first kappa shape index (κ1) is 13.9. The Morgan fingerprint density at radius 2 is 1.86 bits per heavy atom. The molecule has 3 aromatic rings. The van der Waals surface area contributed by atoms with E-state index in [1.807, 2.05) is 48.7 Å². The summed E-state index contributed by atoms with van der Waals surface area (Å²) in [6.45, 7) is 0. The molecule has 0 spiro atoms. The average Bonchev–Trinajstić information content (AvgIpc) is 2.55. The van der Waals surface area contributed by atoms with Gasteiger partial charge >= 0.3 is 0 Å². The summed E-state index contributed by atoms with van der Waals surface area (Å²) in [6, 6.07) is 17.8. The highest BCUT2D eigenvalue weighted by Crippen LogP contribution is 2.34. The predicted octanol–water partition coefficient (Wildman–Crippen LogP) is 3.90.